The second kappa shape index (κ2) is 5.57. The minimum Gasteiger partial charge on any atom is -0.197 e. The molecule has 0 amide bonds. The summed E-state index contributed by atoms with van der Waals surface area (Å²) in [7, 11) is 0. The summed E-state index contributed by atoms with van der Waals surface area (Å²) in [6, 6.07) is 7.69. The van der Waals surface area contributed by atoms with Gasteiger partial charge >= 0.3 is 0 Å². The highest BCUT2D eigenvalue weighted by Crippen LogP contribution is 2.35. The smallest absolute Gasteiger partial charge is 0.0808 e. The van der Waals surface area contributed by atoms with Crippen LogP contribution in [-0.4, -0.2) is 0 Å². The first-order valence-corrected chi connectivity index (χ1v) is 6.16. The fraction of sp³-hybridized carbons (Fsp3) is 0.462. The minimum absolute atomic E-state index is 0.516. The Hall–Kier alpha value is -0.710. The van der Waals surface area contributed by atoms with Crippen molar-refractivity contribution in [3.63, 3.8) is 0 Å². The fourth-order valence-electron chi connectivity index (χ4n) is 1.72. The van der Waals surface area contributed by atoms with Crippen LogP contribution in [0.25, 0.3) is 0 Å². The third-order valence-electron chi connectivity index (χ3n) is 2.80. The molecule has 3 heteroatoms. The molecule has 86 valence electrons. The van der Waals surface area contributed by atoms with Gasteiger partial charge in [-0.3, -0.25) is 0 Å². The molecule has 0 saturated heterocycles. The number of unbranched alkanes of at least 4 members (excludes halogenated alkanes) is 1. The van der Waals surface area contributed by atoms with E-state index in [1.54, 1.807) is 12.1 Å². The van der Waals surface area contributed by atoms with Crippen LogP contribution < -0.4 is 0 Å². The molecule has 1 rings (SSSR count). The first-order valence-electron chi connectivity index (χ1n) is 5.40. The van der Waals surface area contributed by atoms with Gasteiger partial charge in [-0.2, -0.15) is 5.26 Å². The van der Waals surface area contributed by atoms with Gasteiger partial charge in [-0.25, -0.2) is 0 Å². The molecule has 0 saturated carbocycles. The molecular formula is C13H15Cl2N. The molecule has 0 aliphatic heterocycles. The molecule has 0 fully saturated rings. The maximum Gasteiger partial charge on any atom is 0.0808 e. The highest BCUT2D eigenvalue weighted by Gasteiger charge is 2.28. The molecule has 16 heavy (non-hydrogen) atoms. The SMILES string of the molecule is CCCCC(C)(C#N)c1ccc(Cl)cc1Cl. The largest absolute Gasteiger partial charge is 0.197 e. The molecule has 0 bridgehead atoms. The van der Waals surface area contributed by atoms with Crippen molar-refractivity contribution in [2.24, 2.45) is 0 Å². The summed E-state index contributed by atoms with van der Waals surface area (Å²) in [5, 5.41) is 10.5. The van der Waals surface area contributed by atoms with Crippen molar-refractivity contribution in [3.05, 3.63) is 33.8 Å². The Bertz CT molecular complexity index is 409. The number of hydrogen-bond acceptors (Lipinski definition) is 1. The van der Waals surface area contributed by atoms with Gasteiger partial charge in [0.25, 0.3) is 0 Å². The van der Waals surface area contributed by atoms with Crippen molar-refractivity contribution in [2.75, 3.05) is 0 Å². The van der Waals surface area contributed by atoms with Crippen LogP contribution >= 0.6 is 23.2 Å². The molecule has 1 aromatic carbocycles. The van der Waals surface area contributed by atoms with Gasteiger partial charge in [-0.15, -0.1) is 0 Å². The Morgan fingerprint density at radius 1 is 1.38 bits per heavy atom. The van der Waals surface area contributed by atoms with Gasteiger partial charge in [0.05, 0.1) is 11.5 Å². The Labute approximate surface area is 107 Å². The molecule has 1 unspecified atom stereocenters. The van der Waals surface area contributed by atoms with E-state index in [0.29, 0.717) is 10.0 Å². The minimum atomic E-state index is -0.516. The van der Waals surface area contributed by atoms with Crippen LogP contribution in [0.15, 0.2) is 18.2 Å². The zero-order valence-corrected chi connectivity index (χ0v) is 11.1. The molecule has 1 atom stereocenters. The highest BCUT2D eigenvalue weighted by molar-refractivity contribution is 6.35. The number of halogens is 2. The van der Waals surface area contributed by atoms with Crippen molar-refractivity contribution in [1.82, 2.24) is 0 Å². The van der Waals surface area contributed by atoms with Crippen LogP contribution in [-0.2, 0) is 5.41 Å². The Morgan fingerprint density at radius 2 is 2.06 bits per heavy atom. The van der Waals surface area contributed by atoms with E-state index in [2.05, 4.69) is 13.0 Å². The average Bonchev–Trinajstić information content (AvgIpc) is 2.26. The number of nitrogens with zero attached hydrogens (tertiary/aromatic N) is 1. The summed E-state index contributed by atoms with van der Waals surface area (Å²) in [5.41, 5.74) is 0.354. The first-order chi connectivity index (χ1) is 7.53. The van der Waals surface area contributed by atoms with Crippen LogP contribution in [0.5, 0.6) is 0 Å². The van der Waals surface area contributed by atoms with Gasteiger partial charge in [-0.1, -0.05) is 49.0 Å². The summed E-state index contributed by atoms with van der Waals surface area (Å²) in [5.74, 6) is 0. The van der Waals surface area contributed by atoms with Crippen LogP contribution in [0.3, 0.4) is 0 Å². The quantitative estimate of drug-likeness (QED) is 0.746. The lowest BCUT2D eigenvalue weighted by Crippen LogP contribution is -2.19. The number of nitriles is 1. The second-order valence-corrected chi connectivity index (χ2v) is 5.02. The van der Waals surface area contributed by atoms with E-state index in [1.807, 2.05) is 13.0 Å². The predicted molar refractivity (Wildman–Crippen MR) is 69.0 cm³/mol. The average molecular weight is 256 g/mol. The van der Waals surface area contributed by atoms with E-state index in [-0.39, 0.29) is 0 Å². The third kappa shape index (κ3) is 2.90. The maximum absolute atomic E-state index is 9.32. The van der Waals surface area contributed by atoms with Crippen LogP contribution in [0.2, 0.25) is 10.0 Å². The lowest BCUT2D eigenvalue weighted by molar-refractivity contribution is 0.522. The summed E-state index contributed by atoms with van der Waals surface area (Å²) in [4.78, 5) is 0. The Balaban J connectivity index is 3.08. The molecular weight excluding hydrogens is 241 g/mol. The molecule has 0 aromatic heterocycles. The van der Waals surface area contributed by atoms with Crippen molar-refractivity contribution < 1.29 is 0 Å². The molecule has 0 heterocycles. The van der Waals surface area contributed by atoms with E-state index in [4.69, 9.17) is 23.2 Å². The first kappa shape index (κ1) is 13.4. The number of hydrogen-bond donors (Lipinski definition) is 0. The van der Waals surface area contributed by atoms with Crippen molar-refractivity contribution >= 4 is 23.2 Å². The van der Waals surface area contributed by atoms with E-state index < -0.39 is 5.41 Å². The summed E-state index contributed by atoms with van der Waals surface area (Å²) >= 11 is 12.0. The maximum atomic E-state index is 9.32. The lowest BCUT2D eigenvalue weighted by Gasteiger charge is -2.23. The van der Waals surface area contributed by atoms with Gasteiger partial charge in [0.2, 0.25) is 0 Å². The molecule has 1 nitrogen and oxygen atoms in total. The van der Waals surface area contributed by atoms with Gasteiger partial charge in [-0.05, 0) is 31.0 Å². The summed E-state index contributed by atoms with van der Waals surface area (Å²) in [6.07, 6.45) is 2.91. The molecule has 0 N–H and O–H groups in total. The second-order valence-electron chi connectivity index (χ2n) is 4.17. The van der Waals surface area contributed by atoms with E-state index in [1.165, 1.54) is 0 Å². The van der Waals surface area contributed by atoms with Gasteiger partial charge in [0.15, 0.2) is 0 Å². The summed E-state index contributed by atoms with van der Waals surface area (Å²) in [6.45, 7) is 4.04. The predicted octanol–water partition coefficient (Wildman–Crippen LogP) is 4.96. The Morgan fingerprint density at radius 3 is 2.56 bits per heavy atom. The van der Waals surface area contributed by atoms with E-state index in [9.17, 15) is 5.26 Å². The molecule has 0 spiro atoms. The third-order valence-corrected chi connectivity index (χ3v) is 3.35. The van der Waals surface area contributed by atoms with Crippen LogP contribution in [0.4, 0.5) is 0 Å². The molecule has 1 aromatic rings. The van der Waals surface area contributed by atoms with Crippen molar-refractivity contribution in [3.8, 4) is 6.07 Å². The topological polar surface area (TPSA) is 23.8 Å². The lowest BCUT2D eigenvalue weighted by atomic mass is 9.79. The molecule has 0 radical (unpaired) electrons. The van der Waals surface area contributed by atoms with Crippen LogP contribution in [0.1, 0.15) is 38.7 Å². The fourth-order valence-corrected chi connectivity index (χ4v) is 2.34. The van der Waals surface area contributed by atoms with E-state index >= 15 is 0 Å². The van der Waals surface area contributed by atoms with Crippen LogP contribution in [0, 0.1) is 11.3 Å². The Kier molecular flexibility index (Phi) is 4.65. The van der Waals surface area contributed by atoms with Crippen molar-refractivity contribution in [1.29, 1.82) is 5.26 Å². The van der Waals surface area contributed by atoms with Crippen molar-refractivity contribution in [2.45, 2.75) is 38.5 Å². The highest BCUT2D eigenvalue weighted by atomic mass is 35.5. The normalized spacial score (nSPS) is 14.2. The summed E-state index contributed by atoms with van der Waals surface area (Å²) < 4.78 is 0. The monoisotopic (exact) mass is 255 g/mol. The zero-order valence-electron chi connectivity index (χ0n) is 9.56. The van der Waals surface area contributed by atoms with Gasteiger partial charge in [0.1, 0.15) is 0 Å². The number of benzene rings is 1. The zero-order chi connectivity index (χ0) is 12.2. The standard InChI is InChI=1S/C13H15Cl2N/c1-3-4-7-13(2,9-16)11-6-5-10(14)8-12(11)15/h5-6,8H,3-4,7H2,1-2H3. The molecule has 0 aliphatic rings. The number of rotatable bonds is 4. The van der Waals surface area contributed by atoms with Gasteiger partial charge in [0, 0.05) is 10.0 Å². The molecule has 0 aliphatic carbocycles. The van der Waals surface area contributed by atoms with E-state index in [0.717, 1.165) is 24.8 Å². The van der Waals surface area contributed by atoms with Gasteiger partial charge < -0.3 is 0 Å².